The first-order valence-electron chi connectivity index (χ1n) is 15.4. The standard InChI is InChI=1S/C34H27BrN4O7S2/c1-15-2-5-17(6-3-15)36-24(40)14-46-23-11-4-16(35)12-20(23)25-26-21-13-22(29(26)47-31-30(25)48-34(43)37-31)28-27(21)32(41)38(33(28)42)18-7-9-19(10-8-18)39(44)45/h2-12,21-22,25-29H,13-14H2,1H3,(H,36,40)(H,37,43)/t21-,22-,25-,26?,27?,28?,29?/m1/s1. The molecule has 2 N–H and O–H groups in total. The summed E-state index contributed by atoms with van der Waals surface area (Å²) in [5, 5.41) is 14.8. The molecular formula is C34H27BrN4O7S2. The predicted octanol–water partition coefficient (Wildman–Crippen LogP) is 6.11. The van der Waals surface area contributed by atoms with Crippen molar-refractivity contribution in [3.63, 3.8) is 0 Å². The molecule has 0 radical (unpaired) electrons. The normalized spacial score (nSPS) is 26.6. The Bertz CT molecular complexity index is 2060. The van der Waals surface area contributed by atoms with E-state index < -0.39 is 16.8 Å². The number of carbonyl (C=O) groups is 3. The van der Waals surface area contributed by atoms with Gasteiger partial charge in [0.05, 0.1) is 27.5 Å². The zero-order chi connectivity index (χ0) is 33.4. The van der Waals surface area contributed by atoms with E-state index in [0.717, 1.165) is 36.8 Å². The molecule has 3 aromatic carbocycles. The number of nitrogens with zero attached hydrogens (tertiary/aromatic N) is 2. The van der Waals surface area contributed by atoms with Crippen LogP contribution in [0, 0.1) is 46.6 Å². The number of nitrogens with one attached hydrogen (secondary N) is 2. The number of non-ortho nitro benzene ring substituents is 1. The van der Waals surface area contributed by atoms with Crippen molar-refractivity contribution in [2.75, 3.05) is 16.8 Å². The molecule has 3 amide bonds. The third-order valence-electron chi connectivity index (χ3n) is 10.0. The van der Waals surface area contributed by atoms with Gasteiger partial charge in [0.1, 0.15) is 5.75 Å². The quantitative estimate of drug-likeness (QED) is 0.131. The highest BCUT2D eigenvalue weighted by Gasteiger charge is 2.70. The van der Waals surface area contributed by atoms with Crippen LogP contribution in [0.25, 0.3) is 0 Å². The lowest BCUT2D eigenvalue weighted by Crippen LogP contribution is -2.42. The molecule has 2 aliphatic heterocycles. The number of hydrogen-bond acceptors (Lipinski definition) is 9. The number of hydrogen-bond donors (Lipinski definition) is 2. The van der Waals surface area contributed by atoms with Gasteiger partial charge >= 0.3 is 4.87 Å². The zero-order valence-electron chi connectivity index (χ0n) is 25.3. The van der Waals surface area contributed by atoms with Crippen molar-refractivity contribution in [2.24, 2.45) is 29.6 Å². The van der Waals surface area contributed by atoms with E-state index in [4.69, 9.17) is 4.74 Å². The van der Waals surface area contributed by atoms with Crippen molar-refractivity contribution in [2.45, 2.75) is 29.5 Å². The highest BCUT2D eigenvalue weighted by Crippen LogP contribution is 2.69. The number of aromatic amines is 1. The number of anilines is 2. The van der Waals surface area contributed by atoms with E-state index in [-0.39, 0.29) is 63.8 Å². The molecule has 4 unspecified atom stereocenters. The number of H-pyrrole nitrogens is 1. The summed E-state index contributed by atoms with van der Waals surface area (Å²) in [6.45, 7) is 1.73. The third-order valence-corrected chi connectivity index (χ3v) is 13.1. The summed E-state index contributed by atoms with van der Waals surface area (Å²) in [5.41, 5.74) is 2.74. The Hall–Kier alpha value is -4.27. The Morgan fingerprint density at radius 3 is 2.46 bits per heavy atom. The number of aryl methyl sites for hydroxylation is 1. The number of halogens is 1. The van der Waals surface area contributed by atoms with E-state index in [9.17, 15) is 29.3 Å². The zero-order valence-corrected chi connectivity index (χ0v) is 28.5. The average molecular weight is 748 g/mol. The van der Waals surface area contributed by atoms with Crippen LogP contribution in [0.15, 0.2) is 81.0 Å². The molecule has 0 spiro atoms. The number of nitro benzene ring substituents is 1. The molecule has 4 aliphatic rings. The van der Waals surface area contributed by atoms with E-state index in [0.29, 0.717) is 23.5 Å². The van der Waals surface area contributed by atoms with Gasteiger partial charge in [0.25, 0.3) is 11.6 Å². The Kier molecular flexibility index (Phi) is 7.57. The smallest absolute Gasteiger partial charge is 0.305 e. The van der Waals surface area contributed by atoms with Crippen LogP contribution in [0.5, 0.6) is 5.75 Å². The maximum atomic E-state index is 14.1. The fourth-order valence-electron chi connectivity index (χ4n) is 8.21. The highest BCUT2D eigenvalue weighted by atomic mass is 79.9. The first-order chi connectivity index (χ1) is 23.1. The van der Waals surface area contributed by atoms with Crippen molar-refractivity contribution in [3.8, 4) is 5.75 Å². The summed E-state index contributed by atoms with van der Waals surface area (Å²) in [4.78, 5) is 69.2. The number of fused-ring (bicyclic) bond motifs is 9. The number of aromatic nitrogens is 1. The molecule has 2 aliphatic carbocycles. The Balaban J connectivity index is 1.13. The highest BCUT2D eigenvalue weighted by molar-refractivity contribution is 9.10. The number of thiazole rings is 1. The summed E-state index contributed by atoms with van der Waals surface area (Å²) in [6, 6.07) is 18.6. The third kappa shape index (κ3) is 4.99. The van der Waals surface area contributed by atoms with E-state index >= 15 is 0 Å². The van der Waals surface area contributed by atoms with Crippen LogP contribution in [0.4, 0.5) is 17.1 Å². The van der Waals surface area contributed by atoms with Gasteiger partial charge in [-0.15, -0.1) is 11.8 Å². The van der Waals surface area contributed by atoms with Gasteiger partial charge < -0.3 is 15.0 Å². The minimum atomic E-state index is -0.545. The van der Waals surface area contributed by atoms with Gasteiger partial charge in [-0.3, -0.25) is 34.2 Å². The molecule has 2 saturated carbocycles. The van der Waals surface area contributed by atoms with Gasteiger partial charge in [-0.1, -0.05) is 45.0 Å². The van der Waals surface area contributed by atoms with Crippen molar-refractivity contribution >= 4 is 73.8 Å². The van der Waals surface area contributed by atoms with E-state index in [1.165, 1.54) is 29.2 Å². The van der Waals surface area contributed by atoms with Crippen molar-refractivity contribution in [1.29, 1.82) is 0 Å². The summed E-state index contributed by atoms with van der Waals surface area (Å²) in [6.07, 6.45) is 0.696. The van der Waals surface area contributed by atoms with Gasteiger partial charge in [-0.05, 0) is 73.6 Å². The summed E-state index contributed by atoms with van der Waals surface area (Å²) < 4.78 is 6.98. The van der Waals surface area contributed by atoms with Crippen molar-refractivity contribution < 1.29 is 24.0 Å². The predicted molar refractivity (Wildman–Crippen MR) is 184 cm³/mol. The van der Waals surface area contributed by atoms with Gasteiger partial charge in [-0.25, -0.2) is 0 Å². The molecule has 8 rings (SSSR count). The minimum Gasteiger partial charge on any atom is -0.483 e. The molecule has 48 heavy (non-hydrogen) atoms. The van der Waals surface area contributed by atoms with Crippen LogP contribution in [0.1, 0.15) is 28.3 Å². The molecule has 1 aromatic heterocycles. The molecule has 244 valence electrons. The van der Waals surface area contributed by atoms with Crippen molar-refractivity contribution in [1.82, 2.24) is 4.98 Å². The SMILES string of the molecule is Cc1ccc(NC(=O)COc2ccc(Br)cc2[C@H]2c3sc(=O)[nH]c3SC3C2[C@H]2C[C@@H]3C3C(=O)N(c4ccc([N+](=O)[O-])cc4)C(=O)C32)cc1. The Morgan fingerprint density at radius 1 is 1.04 bits per heavy atom. The van der Waals surface area contributed by atoms with Crippen LogP contribution in [0.3, 0.4) is 0 Å². The topological polar surface area (TPSA) is 152 Å². The fourth-order valence-corrected chi connectivity index (χ4v) is 11.5. The maximum Gasteiger partial charge on any atom is 0.305 e. The molecule has 2 bridgehead atoms. The number of benzene rings is 3. The Labute approximate surface area is 290 Å². The molecular weight excluding hydrogens is 720 g/mol. The van der Waals surface area contributed by atoms with Crippen LogP contribution < -0.4 is 19.8 Å². The molecule has 3 fully saturated rings. The molecule has 14 heteroatoms. The number of amides is 3. The number of rotatable bonds is 7. The molecule has 4 aromatic rings. The number of ether oxygens (including phenoxy) is 1. The number of carbonyl (C=O) groups excluding carboxylic acids is 3. The minimum absolute atomic E-state index is 0.0516. The molecule has 3 heterocycles. The van der Waals surface area contributed by atoms with Crippen LogP contribution >= 0.6 is 39.0 Å². The lowest BCUT2D eigenvalue weighted by molar-refractivity contribution is -0.384. The lowest BCUT2D eigenvalue weighted by Gasteiger charge is -2.43. The van der Waals surface area contributed by atoms with Crippen LogP contribution in [-0.4, -0.2) is 39.5 Å². The van der Waals surface area contributed by atoms with Crippen LogP contribution in [-0.2, 0) is 14.4 Å². The lowest BCUT2D eigenvalue weighted by atomic mass is 9.68. The van der Waals surface area contributed by atoms with E-state index in [1.54, 1.807) is 17.8 Å². The summed E-state index contributed by atoms with van der Waals surface area (Å²) in [7, 11) is 0. The van der Waals surface area contributed by atoms with Crippen molar-refractivity contribution in [3.05, 3.63) is 107 Å². The summed E-state index contributed by atoms with van der Waals surface area (Å²) in [5.74, 6) is -2.12. The van der Waals surface area contributed by atoms with E-state index in [2.05, 4.69) is 26.2 Å². The average Bonchev–Trinajstić information content (AvgIpc) is 3.80. The second-order valence-corrected chi connectivity index (χ2v) is 15.7. The van der Waals surface area contributed by atoms with Gasteiger partial charge in [0.2, 0.25) is 11.8 Å². The monoisotopic (exact) mass is 746 g/mol. The summed E-state index contributed by atoms with van der Waals surface area (Å²) >= 11 is 6.32. The Morgan fingerprint density at radius 2 is 1.75 bits per heavy atom. The second-order valence-electron chi connectivity index (χ2n) is 12.6. The first-order valence-corrected chi connectivity index (χ1v) is 17.9. The largest absolute Gasteiger partial charge is 0.483 e. The number of nitro groups is 1. The van der Waals surface area contributed by atoms with E-state index in [1.807, 2.05) is 43.3 Å². The fraction of sp³-hybridized carbons (Fsp3) is 0.294. The molecule has 7 atom stereocenters. The van der Waals surface area contributed by atoms with Crippen LogP contribution in [0.2, 0.25) is 0 Å². The molecule has 11 nitrogen and oxygen atoms in total. The molecule has 1 saturated heterocycles. The number of imide groups is 1. The number of thioether (sulfide) groups is 1. The first kappa shape index (κ1) is 31.0. The van der Waals surface area contributed by atoms with Gasteiger partial charge in [0.15, 0.2) is 6.61 Å². The maximum absolute atomic E-state index is 14.1. The van der Waals surface area contributed by atoms with Gasteiger partial charge in [-0.2, -0.15) is 0 Å². The second kappa shape index (κ2) is 11.7. The van der Waals surface area contributed by atoms with Gasteiger partial charge in [0, 0.05) is 43.9 Å².